The lowest BCUT2D eigenvalue weighted by atomic mass is 9.68. The number of fused-ring (bicyclic) bond motifs is 5. The number of hydrogen-bond acceptors (Lipinski definition) is 7. The number of para-hydroxylation sites is 2. The van der Waals surface area contributed by atoms with Crippen molar-refractivity contribution in [1.82, 2.24) is 19.8 Å². The van der Waals surface area contributed by atoms with E-state index in [0.717, 1.165) is 43.0 Å². The van der Waals surface area contributed by atoms with Gasteiger partial charge in [-0.3, -0.25) is 14.5 Å². The number of amides is 1. The molecule has 2 saturated heterocycles. The van der Waals surface area contributed by atoms with Gasteiger partial charge >= 0.3 is 5.97 Å². The highest BCUT2D eigenvalue weighted by atomic mass is 16.6. The molecule has 10 nitrogen and oxygen atoms in total. The van der Waals surface area contributed by atoms with Crippen molar-refractivity contribution in [3.63, 3.8) is 0 Å². The van der Waals surface area contributed by atoms with Gasteiger partial charge in [-0.25, -0.2) is 9.78 Å². The van der Waals surface area contributed by atoms with E-state index >= 15 is 0 Å². The molecule has 0 spiro atoms. The number of carboxylic acid groups (broad SMARTS) is 1. The summed E-state index contributed by atoms with van der Waals surface area (Å²) in [6.45, 7) is -0.729. The minimum absolute atomic E-state index is 0.0281. The number of carbonyl (C=O) groups excluding carboxylic acids is 1. The Balaban J connectivity index is 1.36. The van der Waals surface area contributed by atoms with Crippen LogP contribution in [0.1, 0.15) is 82.4 Å². The van der Waals surface area contributed by atoms with Crippen LogP contribution in [0.3, 0.4) is 0 Å². The zero-order chi connectivity index (χ0) is 27.8. The molecule has 2 unspecified atom stereocenters. The normalized spacial score (nSPS) is 30.6. The van der Waals surface area contributed by atoms with Crippen LogP contribution in [0.15, 0.2) is 34.2 Å². The molecule has 4 bridgehead atoms. The van der Waals surface area contributed by atoms with Gasteiger partial charge in [0.05, 0.1) is 11.0 Å². The zero-order valence-electron chi connectivity index (χ0n) is 23.1. The van der Waals surface area contributed by atoms with Gasteiger partial charge in [0.2, 0.25) is 6.61 Å². The van der Waals surface area contributed by atoms with Gasteiger partial charge in [-0.05, 0) is 68.9 Å². The number of rotatable bonds is 7. The molecule has 10 heteroatoms. The molecule has 2 saturated carbocycles. The number of aromatic nitrogens is 2. The Kier molecular flexibility index (Phi) is 7.61. The Bertz CT molecular complexity index is 1350. The first-order chi connectivity index (χ1) is 19.4. The zero-order valence-corrected chi connectivity index (χ0v) is 23.1. The van der Waals surface area contributed by atoms with Crippen molar-refractivity contribution in [1.29, 1.82) is 0 Å². The summed E-state index contributed by atoms with van der Waals surface area (Å²) in [6.07, 6.45) is 13.5. The first-order valence-electron chi connectivity index (χ1n) is 14.9. The molecule has 4 fully saturated rings. The standard InChI is InChI=1S/C30H39N5O5/c1-31-29(38)27(33-40-17-26(36)37)28-30(39)35(25-11-3-2-10-24(25)32-28)23-15-20-8-5-9-21(16-23)34(20)22-13-18-6-4-7-19(12-18)14-22/h2-3,10-11,18-23H,4-9,12-17H2,1H3,(H,31,38)(H,36,37)/b33-27-/t18-,19+,20-,21+,22?,23?. The Morgan fingerprint density at radius 2 is 1.65 bits per heavy atom. The average molecular weight is 550 g/mol. The number of carboxylic acids is 1. The van der Waals surface area contributed by atoms with E-state index in [0.29, 0.717) is 23.6 Å². The molecule has 6 atom stereocenters. The third-order valence-electron chi connectivity index (χ3n) is 9.70. The second-order valence-corrected chi connectivity index (χ2v) is 12.1. The minimum Gasteiger partial charge on any atom is -0.479 e. The maximum absolute atomic E-state index is 14.1. The van der Waals surface area contributed by atoms with Crippen LogP contribution in [-0.4, -0.2) is 68.9 Å². The summed E-state index contributed by atoms with van der Waals surface area (Å²) in [7, 11) is 1.42. The fraction of sp³-hybridized carbons (Fsp3) is 0.633. The molecule has 3 heterocycles. The van der Waals surface area contributed by atoms with Gasteiger partial charge < -0.3 is 19.8 Å². The number of likely N-dealkylation sites (N-methyl/N-ethyl adjacent to an activating group) is 1. The molecular weight excluding hydrogens is 510 g/mol. The summed E-state index contributed by atoms with van der Waals surface area (Å²) in [6, 6.07) is 8.99. The van der Waals surface area contributed by atoms with Crippen molar-refractivity contribution in [3.8, 4) is 0 Å². The van der Waals surface area contributed by atoms with E-state index in [1.54, 1.807) is 0 Å². The Hall–Kier alpha value is -3.27. The number of oxime groups is 1. The molecule has 1 amide bonds. The quantitative estimate of drug-likeness (QED) is 0.400. The molecule has 2 aromatic rings. The molecule has 2 N–H and O–H groups in total. The van der Waals surface area contributed by atoms with E-state index in [-0.39, 0.29) is 17.4 Å². The highest BCUT2D eigenvalue weighted by molar-refractivity contribution is 6.44. The molecule has 1 aromatic carbocycles. The van der Waals surface area contributed by atoms with Gasteiger partial charge in [0.15, 0.2) is 11.4 Å². The highest BCUT2D eigenvalue weighted by Gasteiger charge is 2.45. The number of benzene rings is 1. The van der Waals surface area contributed by atoms with E-state index in [1.807, 2.05) is 28.8 Å². The van der Waals surface area contributed by atoms with E-state index in [2.05, 4.69) is 20.4 Å². The van der Waals surface area contributed by atoms with Crippen LogP contribution >= 0.6 is 0 Å². The molecule has 2 aliphatic heterocycles. The van der Waals surface area contributed by atoms with Crippen LogP contribution in [-0.2, 0) is 14.4 Å². The fourth-order valence-electron chi connectivity index (χ4n) is 8.27. The van der Waals surface area contributed by atoms with Crippen LogP contribution < -0.4 is 10.9 Å². The maximum atomic E-state index is 14.1. The van der Waals surface area contributed by atoms with Crippen LogP contribution in [0.2, 0.25) is 0 Å². The average Bonchev–Trinajstić information content (AvgIpc) is 2.94. The number of aliphatic carboxylic acids is 1. The fourth-order valence-corrected chi connectivity index (χ4v) is 8.27. The van der Waals surface area contributed by atoms with Crippen molar-refractivity contribution < 1.29 is 19.5 Å². The summed E-state index contributed by atoms with van der Waals surface area (Å²) in [5, 5.41) is 15.2. The summed E-state index contributed by atoms with van der Waals surface area (Å²) >= 11 is 0. The highest BCUT2D eigenvalue weighted by Crippen LogP contribution is 2.47. The topological polar surface area (TPSA) is 126 Å². The van der Waals surface area contributed by atoms with Crippen LogP contribution in [0, 0.1) is 11.8 Å². The number of hydrogen-bond donors (Lipinski definition) is 2. The van der Waals surface area contributed by atoms with Gasteiger partial charge in [-0.1, -0.05) is 43.0 Å². The van der Waals surface area contributed by atoms with Crippen LogP contribution in [0.4, 0.5) is 0 Å². The molecule has 2 aliphatic carbocycles. The summed E-state index contributed by atoms with van der Waals surface area (Å²) < 4.78 is 1.82. The van der Waals surface area contributed by atoms with Crippen LogP contribution in [0.25, 0.3) is 11.0 Å². The van der Waals surface area contributed by atoms with Crippen molar-refractivity contribution in [2.24, 2.45) is 17.0 Å². The molecule has 40 heavy (non-hydrogen) atoms. The van der Waals surface area contributed by atoms with Crippen molar-refractivity contribution in [2.75, 3.05) is 13.7 Å². The molecule has 4 aliphatic rings. The van der Waals surface area contributed by atoms with Crippen LogP contribution in [0.5, 0.6) is 0 Å². The first kappa shape index (κ1) is 26.9. The second-order valence-electron chi connectivity index (χ2n) is 12.1. The number of carbonyl (C=O) groups is 2. The second kappa shape index (κ2) is 11.3. The Morgan fingerprint density at radius 3 is 2.33 bits per heavy atom. The number of piperidine rings is 2. The molecule has 0 radical (unpaired) electrons. The lowest BCUT2D eigenvalue weighted by molar-refractivity contribution is -0.142. The van der Waals surface area contributed by atoms with Gasteiger partial charge in [-0.15, -0.1) is 0 Å². The predicted molar refractivity (Wildman–Crippen MR) is 150 cm³/mol. The summed E-state index contributed by atoms with van der Waals surface area (Å²) in [5.74, 6) is -0.151. The summed E-state index contributed by atoms with van der Waals surface area (Å²) in [4.78, 5) is 50.1. The van der Waals surface area contributed by atoms with Crippen molar-refractivity contribution in [3.05, 3.63) is 40.3 Å². The van der Waals surface area contributed by atoms with E-state index in [9.17, 15) is 14.4 Å². The molecular formula is C30H39N5O5. The van der Waals surface area contributed by atoms with Gasteiger partial charge in [0.1, 0.15) is 0 Å². The van der Waals surface area contributed by atoms with E-state index < -0.39 is 24.0 Å². The third kappa shape index (κ3) is 5.13. The van der Waals surface area contributed by atoms with E-state index in [4.69, 9.17) is 9.94 Å². The van der Waals surface area contributed by atoms with Crippen molar-refractivity contribution in [2.45, 2.75) is 94.8 Å². The van der Waals surface area contributed by atoms with Gasteiger partial charge in [-0.2, -0.15) is 0 Å². The van der Waals surface area contributed by atoms with Crippen molar-refractivity contribution >= 4 is 28.6 Å². The third-order valence-corrected chi connectivity index (χ3v) is 9.70. The Labute approximate surface area is 233 Å². The van der Waals surface area contributed by atoms with E-state index in [1.165, 1.54) is 52.0 Å². The predicted octanol–water partition coefficient (Wildman–Crippen LogP) is 3.47. The summed E-state index contributed by atoms with van der Waals surface area (Å²) in [5.41, 5.74) is 0.474. The maximum Gasteiger partial charge on any atom is 0.344 e. The monoisotopic (exact) mass is 549 g/mol. The SMILES string of the molecule is CNC(=O)/C(=N\OCC(=O)O)c1nc2ccccc2n(C2C[C@H]3CCC[C@@H](C2)N3C2C[C@H]3CCC[C@@H](C2)C3)c1=O. The number of nitrogens with one attached hydrogen (secondary N) is 1. The lowest BCUT2D eigenvalue weighted by Gasteiger charge is -2.55. The molecule has 1 aromatic heterocycles. The first-order valence-corrected chi connectivity index (χ1v) is 14.9. The minimum atomic E-state index is -1.23. The molecule has 6 rings (SSSR count). The number of nitrogens with zero attached hydrogens (tertiary/aromatic N) is 4. The van der Waals surface area contributed by atoms with Gasteiger partial charge in [0, 0.05) is 31.2 Å². The Morgan fingerprint density at radius 1 is 0.975 bits per heavy atom. The van der Waals surface area contributed by atoms with Gasteiger partial charge in [0.25, 0.3) is 11.5 Å². The molecule has 214 valence electrons. The lowest BCUT2D eigenvalue weighted by Crippen LogP contribution is -2.58. The largest absolute Gasteiger partial charge is 0.479 e. The smallest absolute Gasteiger partial charge is 0.344 e.